The minimum absolute atomic E-state index is 0.139. The lowest BCUT2D eigenvalue weighted by atomic mass is 9.89. The van der Waals surface area contributed by atoms with E-state index in [-0.39, 0.29) is 11.7 Å². The Hall–Kier alpha value is -2.63. The average molecular weight is 411 g/mol. The zero-order valence-corrected chi connectivity index (χ0v) is 16.9. The molecule has 1 aromatic carbocycles. The van der Waals surface area contributed by atoms with Crippen molar-refractivity contribution in [2.24, 2.45) is 5.92 Å². The number of benzene rings is 1. The molecule has 0 saturated carbocycles. The van der Waals surface area contributed by atoms with Crippen molar-refractivity contribution in [1.82, 2.24) is 10.2 Å². The molecule has 0 radical (unpaired) electrons. The van der Waals surface area contributed by atoms with Crippen molar-refractivity contribution < 1.29 is 9.21 Å². The molecule has 2 aromatic heterocycles. The van der Waals surface area contributed by atoms with Crippen molar-refractivity contribution in [2.75, 3.05) is 11.1 Å². The lowest BCUT2D eigenvalue weighted by molar-refractivity contribution is -0.113. The maximum Gasteiger partial charge on any atom is 0.277 e. The number of thioether (sulfide) groups is 1. The predicted octanol–water partition coefficient (Wildman–Crippen LogP) is 4.53. The molecular weight excluding hydrogens is 392 g/mol. The summed E-state index contributed by atoms with van der Waals surface area (Å²) in [5.74, 6) is 0.997. The van der Waals surface area contributed by atoms with E-state index in [0.29, 0.717) is 27.6 Å². The van der Waals surface area contributed by atoms with Crippen molar-refractivity contribution in [3.8, 4) is 17.5 Å². The number of fused-ring (bicyclic) bond motifs is 1. The van der Waals surface area contributed by atoms with Crippen LogP contribution in [0.1, 0.15) is 29.3 Å². The Morgan fingerprint density at radius 1 is 1.39 bits per heavy atom. The van der Waals surface area contributed by atoms with E-state index in [9.17, 15) is 10.1 Å². The summed E-state index contributed by atoms with van der Waals surface area (Å²) in [5.41, 5.74) is 2.57. The van der Waals surface area contributed by atoms with Crippen LogP contribution in [0.5, 0.6) is 0 Å². The maximum atomic E-state index is 12.4. The molecule has 1 aliphatic rings. The topological polar surface area (TPSA) is 91.8 Å². The highest BCUT2D eigenvalue weighted by molar-refractivity contribution is 7.99. The molecule has 1 aliphatic carbocycles. The van der Waals surface area contributed by atoms with E-state index in [4.69, 9.17) is 4.42 Å². The zero-order valence-electron chi connectivity index (χ0n) is 15.3. The first kappa shape index (κ1) is 18.7. The molecule has 0 bridgehead atoms. The van der Waals surface area contributed by atoms with Crippen LogP contribution in [0.3, 0.4) is 0 Å². The number of nitrogens with one attached hydrogen (secondary N) is 1. The van der Waals surface area contributed by atoms with E-state index in [2.05, 4.69) is 28.5 Å². The molecule has 6 nitrogen and oxygen atoms in total. The van der Waals surface area contributed by atoms with Gasteiger partial charge in [0.05, 0.1) is 11.3 Å². The highest BCUT2D eigenvalue weighted by Crippen LogP contribution is 2.39. The van der Waals surface area contributed by atoms with E-state index in [1.54, 1.807) is 0 Å². The maximum absolute atomic E-state index is 12.4. The molecule has 1 atom stereocenters. The molecule has 3 aromatic rings. The second kappa shape index (κ2) is 8.17. The number of carbonyl (C=O) groups is 1. The van der Waals surface area contributed by atoms with Crippen molar-refractivity contribution in [3.05, 3.63) is 46.3 Å². The van der Waals surface area contributed by atoms with Crippen LogP contribution in [-0.2, 0) is 17.6 Å². The zero-order chi connectivity index (χ0) is 19.5. The van der Waals surface area contributed by atoms with Gasteiger partial charge in [-0.15, -0.1) is 21.5 Å². The number of rotatable bonds is 5. The summed E-state index contributed by atoms with van der Waals surface area (Å²) in [6, 6.07) is 11.7. The summed E-state index contributed by atoms with van der Waals surface area (Å²) >= 11 is 2.71. The van der Waals surface area contributed by atoms with Gasteiger partial charge in [0.2, 0.25) is 11.8 Å². The number of nitrogens with zero attached hydrogens (tertiary/aromatic N) is 3. The van der Waals surface area contributed by atoms with Gasteiger partial charge in [0.1, 0.15) is 11.1 Å². The second-order valence-electron chi connectivity index (χ2n) is 6.74. The summed E-state index contributed by atoms with van der Waals surface area (Å²) in [6.45, 7) is 2.22. The first-order valence-electron chi connectivity index (χ1n) is 9.00. The van der Waals surface area contributed by atoms with Crippen LogP contribution in [0.4, 0.5) is 5.00 Å². The Bertz CT molecular complexity index is 1040. The first-order valence-corrected chi connectivity index (χ1v) is 10.8. The van der Waals surface area contributed by atoms with E-state index in [0.717, 1.165) is 30.4 Å². The van der Waals surface area contributed by atoms with Crippen LogP contribution in [-0.4, -0.2) is 21.9 Å². The van der Waals surface area contributed by atoms with Gasteiger partial charge in [-0.1, -0.05) is 36.9 Å². The van der Waals surface area contributed by atoms with Crippen molar-refractivity contribution in [3.63, 3.8) is 0 Å². The minimum atomic E-state index is -0.187. The largest absolute Gasteiger partial charge is 0.411 e. The molecular formula is C20H18N4O2S2. The number of carbonyl (C=O) groups excluding carboxylic acids is 1. The molecule has 0 spiro atoms. The fraction of sp³-hybridized carbons (Fsp3) is 0.300. The van der Waals surface area contributed by atoms with Gasteiger partial charge in [-0.2, -0.15) is 5.26 Å². The molecule has 1 amide bonds. The summed E-state index contributed by atoms with van der Waals surface area (Å²) in [4.78, 5) is 13.6. The Balaban J connectivity index is 1.39. The van der Waals surface area contributed by atoms with Crippen LogP contribution in [0.15, 0.2) is 40.0 Å². The van der Waals surface area contributed by atoms with Crippen molar-refractivity contribution >= 4 is 34.0 Å². The van der Waals surface area contributed by atoms with Crippen LogP contribution in [0.25, 0.3) is 11.5 Å². The lowest BCUT2D eigenvalue weighted by Gasteiger charge is -2.17. The summed E-state index contributed by atoms with van der Waals surface area (Å²) < 4.78 is 5.60. The van der Waals surface area contributed by atoms with Gasteiger partial charge < -0.3 is 9.73 Å². The molecule has 0 saturated heterocycles. The second-order valence-corrected chi connectivity index (χ2v) is 8.78. The minimum Gasteiger partial charge on any atom is -0.411 e. The van der Waals surface area contributed by atoms with Crippen LogP contribution in [0.2, 0.25) is 0 Å². The van der Waals surface area contributed by atoms with E-state index < -0.39 is 0 Å². The van der Waals surface area contributed by atoms with Gasteiger partial charge in [-0.05, 0) is 42.9 Å². The third-order valence-electron chi connectivity index (χ3n) is 4.63. The van der Waals surface area contributed by atoms with Gasteiger partial charge in [0.25, 0.3) is 5.22 Å². The van der Waals surface area contributed by atoms with Crippen molar-refractivity contribution in [2.45, 2.75) is 31.4 Å². The van der Waals surface area contributed by atoms with E-state index in [1.165, 1.54) is 28.0 Å². The van der Waals surface area contributed by atoms with E-state index in [1.807, 2.05) is 30.3 Å². The quantitative estimate of drug-likeness (QED) is 0.622. The SMILES string of the molecule is C[C@@H]1CCc2c(sc(NC(=O)CSc3nnc(-c4ccccc4)o3)c2C#N)C1. The van der Waals surface area contributed by atoms with E-state index >= 15 is 0 Å². The van der Waals surface area contributed by atoms with Gasteiger partial charge in [0.15, 0.2) is 0 Å². The predicted molar refractivity (Wildman–Crippen MR) is 109 cm³/mol. The Morgan fingerprint density at radius 3 is 3.00 bits per heavy atom. The monoisotopic (exact) mass is 410 g/mol. The van der Waals surface area contributed by atoms with Gasteiger partial charge in [-0.3, -0.25) is 4.79 Å². The first-order chi connectivity index (χ1) is 13.6. The number of amides is 1. The van der Waals surface area contributed by atoms with Gasteiger partial charge in [0, 0.05) is 10.4 Å². The third kappa shape index (κ3) is 3.96. The standard InChI is InChI=1S/C20H18N4O2S2/c1-12-7-8-14-15(10-21)19(28-16(14)9-12)22-17(25)11-27-20-24-23-18(26-20)13-5-3-2-4-6-13/h2-6,12H,7-9,11H2,1H3,(H,22,25)/t12-/m1/s1. The van der Waals surface area contributed by atoms with Crippen LogP contribution < -0.4 is 5.32 Å². The fourth-order valence-corrected chi connectivity index (χ4v) is 5.15. The molecule has 4 rings (SSSR count). The Labute approximate surface area is 171 Å². The molecule has 28 heavy (non-hydrogen) atoms. The molecule has 0 aliphatic heterocycles. The fourth-order valence-electron chi connectivity index (χ4n) is 3.21. The number of hydrogen-bond acceptors (Lipinski definition) is 7. The summed E-state index contributed by atoms with van der Waals surface area (Å²) in [5, 5.41) is 21.4. The normalized spacial score (nSPS) is 15.6. The Kier molecular flexibility index (Phi) is 5.46. The molecule has 1 N–H and O–H groups in total. The number of nitriles is 1. The van der Waals surface area contributed by atoms with Gasteiger partial charge >= 0.3 is 0 Å². The highest BCUT2D eigenvalue weighted by atomic mass is 32.2. The molecule has 8 heteroatoms. The average Bonchev–Trinajstić information content (AvgIpc) is 3.31. The smallest absolute Gasteiger partial charge is 0.277 e. The highest BCUT2D eigenvalue weighted by Gasteiger charge is 2.24. The number of anilines is 1. The molecule has 142 valence electrons. The van der Waals surface area contributed by atoms with Gasteiger partial charge in [-0.25, -0.2) is 0 Å². The molecule has 2 heterocycles. The summed E-state index contributed by atoms with van der Waals surface area (Å²) in [7, 11) is 0. The van der Waals surface area contributed by atoms with Crippen molar-refractivity contribution in [1.29, 1.82) is 5.26 Å². The number of thiophene rings is 1. The van der Waals surface area contributed by atoms with Crippen LogP contribution >= 0.6 is 23.1 Å². The molecule has 0 unspecified atom stereocenters. The Morgan fingerprint density at radius 2 is 2.21 bits per heavy atom. The number of aromatic nitrogens is 2. The van der Waals surface area contributed by atoms with Crippen LogP contribution in [0, 0.1) is 17.2 Å². The third-order valence-corrected chi connectivity index (χ3v) is 6.62. The molecule has 0 fully saturated rings. The number of hydrogen-bond donors (Lipinski definition) is 1. The summed E-state index contributed by atoms with van der Waals surface area (Å²) in [6.07, 6.45) is 2.97. The lowest BCUT2D eigenvalue weighted by Crippen LogP contribution is -2.14.